The van der Waals surface area contributed by atoms with E-state index in [1.807, 2.05) is 18.7 Å². The molecule has 1 N–H and O–H groups in total. The minimum absolute atomic E-state index is 0.242. The molecule has 118 valence electrons. The third-order valence-electron chi connectivity index (χ3n) is 4.20. The maximum absolute atomic E-state index is 12.2. The van der Waals surface area contributed by atoms with Crippen molar-refractivity contribution < 1.29 is 4.79 Å². The molecule has 2 rings (SSSR count). The SMILES string of the molecule is CCN(CC)C(=O)CCn1c(C(C)C)nc2c1CCNC2. The van der Waals surface area contributed by atoms with Crippen molar-refractivity contribution in [1.29, 1.82) is 0 Å². The van der Waals surface area contributed by atoms with Crippen LogP contribution in [0.5, 0.6) is 0 Å². The van der Waals surface area contributed by atoms with Gasteiger partial charge in [-0.15, -0.1) is 0 Å². The zero-order chi connectivity index (χ0) is 15.4. The summed E-state index contributed by atoms with van der Waals surface area (Å²) in [5.74, 6) is 1.75. The standard InChI is InChI=1S/C16H28N4O/c1-5-19(6-2)15(21)8-10-20-14-7-9-17-11-13(14)18-16(20)12(3)4/h12,17H,5-11H2,1-4H3. The van der Waals surface area contributed by atoms with Gasteiger partial charge in [-0.25, -0.2) is 4.98 Å². The number of nitrogens with one attached hydrogen (secondary N) is 1. The number of fused-ring (bicyclic) bond motifs is 1. The van der Waals surface area contributed by atoms with Crippen LogP contribution < -0.4 is 5.32 Å². The lowest BCUT2D eigenvalue weighted by Crippen LogP contribution is -2.31. The lowest BCUT2D eigenvalue weighted by Gasteiger charge is -2.21. The summed E-state index contributed by atoms with van der Waals surface area (Å²) in [5, 5.41) is 3.37. The number of imidazole rings is 1. The molecule has 0 saturated heterocycles. The fourth-order valence-corrected chi connectivity index (χ4v) is 3.02. The number of rotatable bonds is 6. The maximum Gasteiger partial charge on any atom is 0.224 e. The molecule has 21 heavy (non-hydrogen) atoms. The van der Waals surface area contributed by atoms with Crippen LogP contribution in [-0.2, 0) is 24.3 Å². The van der Waals surface area contributed by atoms with Gasteiger partial charge in [0.15, 0.2) is 0 Å². The van der Waals surface area contributed by atoms with Gasteiger partial charge in [-0.05, 0) is 13.8 Å². The average Bonchev–Trinajstić information content (AvgIpc) is 2.85. The van der Waals surface area contributed by atoms with Crippen LogP contribution in [0.4, 0.5) is 0 Å². The number of amides is 1. The molecule has 1 aromatic rings. The lowest BCUT2D eigenvalue weighted by molar-refractivity contribution is -0.131. The maximum atomic E-state index is 12.2. The van der Waals surface area contributed by atoms with Gasteiger partial charge in [-0.2, -0.15) is 0 Å². The minimum atomic E-state index is 0.242. The van der Waals surface area contributed by atoms with Crippen LogP contribution in [0, 0.1) is 0 Å². The molecule has 0 unspecified atom stereocenters. The Morgan fingerprint density at radius 2 is 2.10 bits per heavy atom. The second kappa shape index (κ2) is 7.07. The van der Waals surface area contributed by atoms with Crippen molar-refractivity contribution >= 4 is 5.91 Å². The van der Waals surface area contributed by atoms with Gasteiger partial charge in [0.25, 0.3) is 0 Å². The highest BCUT2D eigenvalue weighted by Crippen LogP contribution is 2.22. The van der Waals surface area contributed by atoms with Crippen LogP contribution in [0.25, 0.3) is 0 Å². The highest BCUT2D eigenvalue weighted by atomic mass is 16.2. The smallest absolute Gasteiger partial charge is 0.224 e. The molecular formula is C16H28N4O. The van der Waals surface area contributed by atoms with Crippen LogP contribution in [0.15, 0.2) is 0 Å². The molecule has 5 nitrogen and oxygen atoms in total. The van der Waals surface area contributed by atoms with Crippen LogP contribution >= 0.6 is 0 Å². The molecule has 0 bridgehead atoms. The van der Waals surface area contributed by atoms with Crippen molar-refractivity contribution in [2.24, 2.45) is 0 Å². The zero-order valence-electron chi connectivity index (χ0n) is 13.8. The van der Waals surface area contributed by atoms with E-state index in [1.54, 1.807) is 0 Å². The molecule has 0 fully saturated rings. The van der Waals surface area contributed by atoms with Crippen molar-refractivity contribution in [2.75, 3.05) is 19.6 Å². The quantitative estimate of drug-likeness (QED) is 0.871. The Morgan fingerprint density at radius 1 is 1.38 bits per heavy atom. The Hall–Kier alpha value is -1.36. The summed E-state index contributed by atoms with van der Waals surface area (Å²) in [7, 11) is 0. The minimum Gasteiger partial charge on any atom is -0.343 e. The number of hydrogen-bond donors (Lipinski definition) is 1. The van der Waals surface area contributed by atoms with E-state index in [4.69, 9.17) is 4.98 Å². The van der Waals surface area contributed by atoms with E-state index in [0.29, 0.717) is 12.3 Å². The summed E-state index contributed by atoms with van der Waals surface area (Å²) in [6, 6.07) is 0. The van der Waals surface area contributed by atoms with E-state index >= 15 is 0 Å². The van der Waals surface area contributed by atoms with E-state index in [9.17, 15) is 4.79 Å². The van der Waals surface area contributed by atoms with E-state index in [1.165, 1.54) is 11.4 Å². The Kier molecular flexibility index (Phi) is 5.39. The second-order valence-corrected chi connectivity index (χ2v) is 5.91. The molecule has 0 radical (unpaired) electrons. The molecule has 0 aromatic carbocycles. The first-order chi connectivity index (χ1) is 10.1. The number of nitrogens with zero attached hydrogens (tertiary/aromatic N) is 3. The summed E-state index contributed by atoms with van der Waals surface area (Å²) in [5.41, 5.74) is 2.49. The normalized spacial score (nSPS) is 14.3. The van der Waals surface area contributed by atoms with Gasteiger partial charge in [0, 0.05) is 57.2 Å². The summed E-state index contributed by atoms with van der Waals surface area (Å²) in [4.78, 5) is 18.9. The molecule has 5 heteroatoms. The molecule has 2 heterocycles. The molecular weight excluding hydrogens is 264 g/mol. The van der Waals surface area contributed by atoms with Crippen molar-refractivity contribution in [3.63, 3.8) is 0 Å². The average molecular weight is 292 g/mol. The summed E-state index contributed by atoms with van der Waals surface area (Å²) >= 11 is 0. The lowest BCUT2D eigenvalue weighted by atomic mass is 10.1. The Morgan fingerprint density at radius 3 is 2.71 bits per heavy atom. The van der Waals surface area contributed by atoms with Crippen molar-refractivity contribution in [2.45, 2.75) is 59.5 Å². The number of carbonyl (C=O) groups excluding carboxylic acids is 1. The Balaban J connectivity index is 2.15. The van der Waals surface area contributed by atoms with Crippen LogP contribution in [0.3, 0.4) is 0 Å². The van der Waals surface area contributed by atoms with Gasteiger partial charge in [-0.1, -0.05) is 13.8 Å². The first-order valence-electron chi connectivity index (χ1n) is 8.15. The number of carbonyl (C=O) groups is 1. The van der Waals surface area contributed by atoms with Crippen LogP contribution in [0.2, 0.25) is 0 Å². The van der Waals surface area contributed by atoms with Crippen LogP contribution in [0.1, 0.15) is 57.2 Å². The fourth-order valence-electron chi connectivity index (χ4n) is 3.02. The predicted octanol–water partition coefficient (Wildman–Crippen LogP) is 1.91. The van der Waals surface area contributed by atoms with Crippen molar-refractivity contribution in [3.05, 3.63) is 17.2 Å². The first-order valence-corrected chi connectivity index (χ1v) is 8.15. The number of aromatic nitrogens is 2. The number of hydrogen-bond acceptors (Lipinski definition) is 3. The summed E-state index contributed by atoms with van der Waals surface area (Å²) < 4.78 is 2.29. The molecule has 0 atom stereocenters. The van der Waals surface area contributed by atoms with Gasteiger partial charge < -0.3 is 14.8 Å². The largest absolute Gasteiger partial charge is 0.343 e. The fraction of sp³-hybridized carbons (Fsp3) is 0.750. The Bertz CT molecular complexity index is 489. The van der Waals surface area contributed by atoms with Gasteiger partial charge in [0.2, 0.25) is 5.91 Å². The zero-order valence-corrected chi connectivity index (χ0v) is 13.8. The molecule has 1 aliphatic heterocycles. The molecule has 0 spiro atoms. The van der Waals surface area contributed by atoms with Gasteiger partial charge >= 0.3 is 0 Å². The molecule has 1 amide bonds. The molecule has 0 saturated carbocycles. The van der Waals surface area contributed by atoms with E-state index in [-0.39, 0.29) is 5.91 Å². The summed E-state index contributed by atoms with van der Waals surface area (Å²) in [6.45, 7) is 12.6. The molecule has 0 aliphatic carbocycles. The first kappa shape index (κ1) is 16.0. The topological polar surface area (TPSA) is 50.2 Å². The van der Waals surface area contributed by atoms with E-state index in [0.717, 1.165) is 45.0 Å². The Labute approximate surface area is 127 Å². The third kappa shape index (κ3) is 3.46. The van der Waals surface area contributed by atoms with E-state index in [2.05, 4.69) is 23.7 Å². The van der Waals surface area contributed by atoms with Gasteiger partial charge in [0.05, 0.1) is 5.69 Å². The van der Waals surface area contributed by atoms with Gasteiger partial charge in [-0.3, -0.25) is 4.79 Å². The van der Waals surface area contributed by atoms with Crippen molar-refractivity contribution in [3.8, 4) is 0 Å². The highest BCUT2D eigenvalue weighted by molar-refractivity contribution is 5.76. The molecule has 1 aliphatic rings. The molecule has 1 aromatic heterocycles. The van der Waals surface area contributed by atoms with Gasteiger partial charge in [0.1, 0.15) is 5.82 Å². The predicted molar refractivity (Wildman–Crippen MR) is 84.3 cm³/mol. The second-order valence-electron chi connectivity index (χ2n) is 5.91. The highest BCUT2D eigenvalue weighted by Gasteiger charge is 2.22. The summed E-state index contributed by atoms with van der Waals surface area (Å²) in [6.07, 6.45) is 1.58. The third-order valence-corrected chi connectivity index (χ3v) is 4.20. The van der Waals surface area contributed by atoms with Crippen LogP contribution in [-0.4, -0.2) is 40.0 Å². The van der Waals surface area contributed by atoms with Crippen molar-refractivity contribution in [1.82, 2.24) is 19.8 Å². The monoisotopic (exact) mass is 292 g/mol. The van der Waals surface area contributed by atoms with E-state index < -0.39 is 0 Å².